The van der Waals surface area contributed by atoms with E-state index >= 15 is 0 Å². The molecule has 0 radical (unpaired) electrons. The van der Waals surface area contributed by atoms with Crippen molar-refractivity contribution in [3.63, 3.8) is 0 Å². The molecule has 0 bridgehead atoms. The highest BCUT2D eigenvalue weighted by Crippen LogP contribution is 2.44. The van der Waals surface area contributed by atoms with Crippen LogP contribution in [0.3, 0.4) is 0 Å². The summed E-state index contributed by atoms with van der Waals surface area (Å²) in [5.41, 5.74) is 0.677. The summed E-state index contributed by atoms with van der Waals surface area (Å²) >= 11 is 1.53. The average Bonchev–Trinajstić information content (AvgIpc) is 3.40. The molecule has 2 aliphatic rings. The Balaban J connectivity index is 1.36. The van der Waals surface area contributed by atoms with Crippen LogP contribution in [0.1, 0.15) is 64.0 Å². The maximum absolute atomic E-state index is 13.8. The van der Waals surface area contributed by atoms with Crippen LogP contribution in [0.25, 0.3) is 11.2 Å². The number of aromatic nitrogens is 5. The quantitative estimate of drug-likeness (QED) is 0.153. The van der Waals surface area contributed by atoms with Gasteiger partial charge >= 0.3 is 5.97 Å². The molecule has 5 atom stereocenters. The van der Waals surface area contributed by atoms with Crippen molar-refractivity contribution in [2.24, 2.45) is 0 Å². The Hall–Kier alpha value is -2.90. The molecule has 2 aliphatic carbocycles. The summed E-state index contributed by atoms with van der Waals surface area (Å²) < 4.78 is 39.7. The van der Waals surface area contributed by atoms with Crippen molar-refractivity contribution in [3.05, 3.63) is 35.4 Å². The minimum atomic E-state index is -1.11. The molecule has 39 heavy (non-hydrogen) atoms. The first-order valence-corrected chi connectivity index (χ1v) is 14.1. The van der Waals surface area contributed by atoms with E-state index in [0.29, 0.717) is 35.0 Å². The van der Waals surface area contributed by atoms with E-state index in [-0.39, 0.29) is 37.2 Å². The Morgan fingerprint density at radius 1 is 1.26 bits per heavy atom. The van der Waals surface area contributed by atoms with Crippen molar-refractivity contribution in [2.45, 2.75) is 81.3 Å². The van der Waals surface area contributed by atoms with Crippen LogP contribution in [0.5, 0.6) is 0 Å². The number of benzene rings is 1. The molecule has 13 heteroatoms. The lowest BCUT2D eigenvalue weighted by Gasteiger charge is -2.25. The van der Waals surface area contributed by atoms with Gasteiger partial charge in [0.25, 0.3) is 0 Å². The van der Waals surface area contributed by atoms with Crippen molar-refractivity contribution in [1.82, 2.24) is 25.0 Å². The fourth-order valence-electron chi connectivity index (χ4n) is 5.06. The molecule has 2 saturated carbocycles. The second-order valence-corrected chi connectivity index (χ2v) is 11.4. The lowest BCUT2D eigenvalue weighted by atomic mass is 10.0. The van der Waals surface area contributed by atoms with E-state index in [9.17, 15) is 18.7 Å². The molecule has 2 aromatic heterocycles. The third-order valence-electron chi connectivity index (χ3n) is 7.11. The lowest BCUT2D eigenvalue weighted by molar-refractivity contribution is -0.145. The smallest absolute Gasteiger partial charge is 0.302 e. The molecule has 0 spiro atoms. The first kappa shape index (κ1) is 27.7. The topological polar surface area (TPSA) is 124 Å². The largest absolute Gasteiger partial charge is 0.463 e. The van der Waals surface area contributed by atoms with E-state index < -0.39 is 23.3 Å². The van der Waals surface area contributed by atoms with Crippen molar-refractivity contribution in [1.29, 1.82) is 0 Å². The number of aliphatic hydroxyl groups is 1. The van der Waals surface area contributed by atoms with Crippen LogP contribution in [0.2, 0.25) is 0 Å². The summed E-state index contributed by atoms with van der Waals surface area (Å²) in [6.07, 6.45) is 2.09. The van der Waals surface area contributed by atoms with Crippen LogP contribution >= 0.6 is 11.8 Å². The number of hydrogen-bond donors (Lipinski definition) is 2. The summed E-state index contributed by atoms with van der Waals surface area (Å²) in [6, 6.07) is 3.77. The highest BCUT2D eigenvalue weighted by atomic mass is 32.2. The van der Waals surface area contributed by atoms with E-state index in [0.717, 1.165) is 30.2 Å². The van der Waals surface area contributed by atoms with Gasteiger partial charge in [-0.15, -0.1) is 5.10 Å². The number of ether oxygens (including phenoxy) is 2. The number of carbonyl (C=O) groups excluding carboxylic acids is 1. The fraction of sp³-hybridized carbons (Fsp3) is 0.577. The monoisotopic (exact) mass is 562 g/mol. The van der Waals surface area contributed by atoms with Crippen molar-refractivity contribution < 1.29 is 28.2 Å². The molecular weight excluding hydrogens is 530 g/mol. The van der Waals surface area contributed by atoms with Gasteiger partial charge in [-0.2, -0.15) is 0 Å². The predicted molar refractivity (Wildman–Crippen MR) is 141 cm³/mol. The molecule has 10 nitrogen and oxygen atoms in total. The van der Waals surface area contributed by atoms with Crippen LogP contribution in [-0.4, -0.2) is 72.8 Å². The average molecular weight is 563 g/mol. The molecule has 3 aromatic rings. The Morgan fingerprint density at radius 2 is 2.08 bits per heavy atom. The molecule has 2 N–H and O–H groups in total. The second-order valence-electron chi connectivity index (χ2n) is 10.3. The highest BCUT2D eigenvalue weighted by molar-refractivity contribution is 7.99. The molecular formula is C26H32F2N6O4S. The molecule has 1 aromatic carbocycles. The summed E-state index contributed by atoms with van der Waals surface area (Å²) in [7, 11) is 0. The predicted octanol–water partition coefficient (Wildman–Crippen LogP) is 4.00. The molecule has 0 aliphatic heterocycles. The van der Waals surface area contributed by atoms with Gasteiger partial charge in [0.2, 0.25) is 0 Å². The summed E-state index contributed by atoms with van der Waals surface area (Å²) in [6.45, 7) is 5.43. The second kappa shape index (κ2) is 11.3. The normalized spacial score (nSPS) is 26.2. The van der Waals surface area contributed by atoms with E-state index in [1.807, 2.05) is 0 Å². The first-order valence-electron chi connectivity index (χ1n) is 13.1. The number of halogens is 2. The van der Waals surface area contributed by atoms with Crippen molar-refractivity contribution in [3.8, 4) is 0 Å². The SMILES string of the molecule is CCCSc1nc(N[C@@H]2CC2c2ccc(F)c(F)c2)c2nnn([C@@H]3C[C@H](OCCOC(C)=O)[C@](C)(O)C3)c2n1. The van der Waals surface area contributed by atoms with E-state index in [2.05, 4.69) is 22.6 Å². The third kappa shape index (κ3) is 6.15. The van der Waals surface area contributed by atoms with Crippen LogP contribution in [0.15, 0.2) is 23.4 Å². The molecule has 2 fully saturated rings. The van der Waals surface area contributed by atoms with Gasteiger partial charge in [-0.3, -0.25) is 4.79 Å². The number of esters is 1. The van der Waals surface area contributed by atoms with Crippen LogP contribution in [0.4, 0.5) is 14.6 Å². The van der Waals surface area contributed by atoms with Gasteiger partial charge in [-0.05, 0) is 43.9 Å². The number of fused-ring (bicyclic) bond motifs is 1. The third-order valence-corrected chi connectivity index (χ3v) is 8.16. The molecule has 5 rings (SSSR count). The van der Waals surface area contributed by atoms with Gasteiger partial charge in [-0.25, -0.2) is 23.4 Å². The van der Waals surface area contributed by atoms with Gasteiger partial charge in [0.05, 0.1) is 24.4 Å². The minimum absolute atomic E-state index is 0.00986. The Labute approximate surface area is 228 Å². The maximum atomic E-state index is 13.8. The molecule has 0 amide bonds. The number of nitrogens with one attached hydrogen (secondary N) is 1. The van der Waals surface area contributed by atoms with Gasteiger partial charge in [0.15, 0.2) is 33.8 Å². The van der Waals surface area contributed by atoms with Crippen molar-refractivity contribution >= 4 is 34.7 Å². The first-order chi connectivity index (χ1) is 18.7. The zero-order valence-corrected chi connectivity index (χ0v) is 22.9. The standard InChI is InChI=1S/C26H32F2N6O4S/c1-4-9-39-25-30-23(29-20-12-17(20)15-5-6-18(27)19(28)10-15)22-24(31-25)34(33-32-22)16-11-21(26(3,36)13-16)38-8-7-37-14(2)35/h5-6,10,16-17,20-21,36H,4,7-9,11-13H2,1-3H3,(H,29,30,31)/t16-,17?,20-,21+,26-/m1/s1. The van der Waals surface area contributed by atoms with Crippen LogP contribution in [-0.2, 0) is 14.3 Å². The van der Waals surface area contributed by atoms with E-state index in [1.165, 1.54) is 24.8 Å². The molecule has 0 saturated heterocycles. The van der Waals surface area contributed by atoms with Gasteiger partial charge < -0.3 is 19.9 Å². The number of rotatable bonds is 11. The molecule has 1 unspecified atom stereocenters. The Bertz CT molecular complexity index is 1360. The Morgan fingerprint density at radius 3 is 2.82 bits per heavy atom. The van der Waals surface area contributed by atoms with E-state index in [4.69, 9.17) is 19.4 Å². The number of carbonyl (C=O) groups is 1. The Kier molecular flexibility index (Phi) is 8.01. The zero-order valence-electron chi connectivity index (χ0n) is 22.1. The number of nitrogens with zero attached hydrogens (tertiary/aromatic N) is 5. The lowest BCUT2D eigenvalue weighted by Crippen LogP contribution is -2.36. The number of thioether (sulfide) groups is 1. The van der Waals surface area contributed by atoms with Crippen LogP contribution in [0, 0.1) is 11.6 Å². The van der Waals surface area contributed by atoms with Gasteiger partial charge in [0.1, 0.15) is 6.61 Å². The van der Waals surface area contributed by atoms with Gasteiger partial charge in [-0.1, -0.05) is 30.0 Å². The maximum Gasteiger partial charge on any atom is 0.302 e. The number of anilines is 1. The highest BCUT2D eigenvalue weighted by Gasteiger charge is 2.45. The zero-order chi connectivity index (χ0) is 27.7. The van der Waals surface area contributed by atoms with Gasteiger partial charge in [0, 0.05) is 31.1 Å². The minimum Gasteiger partial charge on any atom is -0.463 e. The number of hydrogen-bond acceptors (Lipinski definition) is 10. The fourth-order valence-corrected chi connectivity index (χ4v) is 5.75. The summed E-state index contributed by atoms with van der Waals surface area (Å²) in [5, 5.41) is 23.8. The van der Waals surface area contributed by atoms with Crippen LogP contribution < -0.4 is 5.32 Å². The van der Waals surface area contributed by atoms with Crippen molar-refractivity contribution in [2.75, 3.05) is 24.3 Å². The molecule has 2 heterocycles. The summed E-state index contributed by atoms with van der Waals surface area (Å²) in [5.74, 6) is -0.694. The molecule has 210 valence electrons. The summed E-state index contributed by atoms with van der Waals surface area (Å²) in [4.78, 5) is 20.5. The van der Waals surface area contributed by atoms with E-state index in [1.54, 1.807) is 17.7 Å².